The molecule has 2 rings (SSSR count). The van der Waals surface area contributed by atoms with Crippen molar-refractivity contribution in [3.8, 4) is 6.07 Å². The second-order valence-electron chi connectivity index (χ2n) is 4.78. The number of nitrogens with one attached hydrogen (secondary N) is 1. The minimum absolute atomic E-state index is 0.247. The lowest BCUT2D eigenvalue weighted by Gasteiger charge is -2.17. The van der Waals surface area contributed by atoms with Gasteiger partial charge in [0.1, 0.15) is 0 Å². The number of carbonyl (C=O) groups is 1. The number of nitrogens with zero attached hydrogens (tertiary/aromatic N) is 1. The average molecular weight is 280 g/mol. The zero-order valence-electron chi connectivity index (χ0n) is 11.7. The van der Waals surface area contributed by atoms with Crippen molar-refractivity contribution in [1.82, 2.24) is 5.32 Å². The zero-order chi connectivity index (χ0) is 15.2. The van der Waals surface area contributed by atoms with Crippen LogP contribution in [-0.2, 0) is 4.79 Å². The van der Waals surface area contributed by atoms with Gasteiger partial charge in [-0.15, -0.1) is 0 Å². The van der Waals surface area contributed by atoms with Gasteiger partial charge in [0.05, 0.1) is 17.7 Å². The van der Waals surface area contributed by atoms with E-state index in [0.717, 1.165) is 5.56 Å². The van der Waals surface area contributed by atoms with Gasteiger partial charge < -0.3 is 10.4 Å². The maximum atomic E-state index is 12.0. The van der Waals surface area contributed by atoms with E-state index in [1.807, 2.05) is 19.1 Å². The molecule has 0 radical (unpaired) electrons. The molecule has 106 valence electrons. The van der Waals surface area contributed by atoms with Gasteiger partial charge in [-0.25, -0.2) is 0 Å². The zero-order valence-corrected chi connectivity index (χ0v) is 11.7. The molecule has 2 atom stereocenters. The number of hydrogen-bond donors (Lipinski definition) is 2. The smallest absolute Gasteiger partial charge is 0.253 e. The van der Waals surface area contributed by atoms with Gasteiger partial charge in [-0.3, -0.25) is 4.79 Å². The van der Waals surface area contributed by atoms with Crippen molar-refractivity contribution >= 4 is 5.91 Å². The Balaban J connectivity index is 2.03. The van der Waals surface area contributed by atoms with Gasteiger partial charge in [0.15, 0.2) is 6.10 Å². The first-order chi connectivity index (χ1) is 10.1. The van der Waals surface area contributed by atoms with Crippen LogP contribution in [0.2, 0.25) is 0 Å². The Morgan fingerprint density at radius 3 is 2.29 bits per heavy atom. The standard InChI is InChI=1S/C17H16N2O2/c1-12(14-9-7-13(11-18)8-10-14)19-17(21)16(20)15-5-3-2-4-6-15/h2-10,12,16,20H,1H3,(H,19,21). The summed E-state index contributed by atoms with van der Waals surface area (Å²) in [5.74, 6) is -0.446. The molecule has 0 heterocycles. The van der Waals surface area contributed by atoms with Gasteiger partial charge in [-0.2, -0.15) is 5.26 Å². The Labute approximate surface area is 123 Å². The monoisotopic (exact) mass is 280 g/mol. The quantitative estimate of drug-likeness (QED) is 0.903. The van der Waals surface area contributed by atoms with Crippen molar-refractivity contribution in [1.29, 1.82) is 5.26 Å². The lowest BCUT2D eigenvalue weighted by atomic mass is 10.0. The topological polar surface area (TPSA) is 73.1 Å². The summed E-state index contributed by atoms with van der Waals surface area (Å²) in [7, 11) is 0. The third-order valence-electron chi connectivity index (χ3n) is 3.26. The second-order valence-corrected chi connectivity index (χ2v) is 4.78. The van der Waals surface area contributed by atoms with E-state index >= 15 is 0 Å². The maximum Gasteiger partial charge on any atom is 0.253 e. The minimum atomic E-state index is -1.19. The van der Waals surface area contributed by atoms with Gasteiger partial charge in [-0.1, -0.05) is 42.5 Å². The Kier molecular flexibility index (Phi) is 4.70. The van der Waals surface area contributed by atoms with Crippen molar-refractivity contribution in [2.24, 2.45) is 0 Å². The fraction of sp³-hybridized carbons (Fsp3) is 0.176. The molecule has 0 saturated heterocycles. The van der Waals surface area contributed by atoms with Crippen molar-refractivity contribution < 1.29 is 9.90 Å². The van der Waals surface area contributed by atoms with Crippen LogP contribution in [0.5, 0.6) is 0 Å². The summed E-state index contributed by atoms with van der Waals surface area (Å²) in [5.41, 5.74) is 2.01. The van der Waals surface area contributed by atoms with Gasteiger partial charge in [0.2, 0.25) is 0 Å². The van der Waals surface area contributed by atoms with Crippen LogP contribution in [0.4, 0.5) is 0 Å². The molecule has 2 N–H and O–H groups in total. The van der Waals surface area contributed by atoms with Crippen LogP contribution in [0.1, 0.15) is 35.8 Å². The molecular weight excluding hydrogens is 264 g/mol. The van der Waals surface area contributed by atoms with Gasteiger partial charge in [0.25, 0.3) is 5.91 Å². The predicted octanol–water partition coefficient (Wildman–Crippen LogP) is 2.47. The molecule has 0 spiro atoms. The number of carbonyl (C=O) groups excluding carboxylic acids is 1. The first-order valence-corrected chi connectivity index (χ1v) is 6.65. The summed E-state index contributed by atoms with van der Waals surface area (Å²) in [6, 6.07) is 17.6. The van der Waals surface area contributed by atoms with E-state index in [0.29, 0.717) is 11.1 Å². The molecule has 0 aliphatic carbocycles. The Hall–Kier alpha value is -2.64. The lowest BCUT2D eigenvalue weighted by Crippen LogP contribution is -2.31. The predicted molar refractivity (Wildman–Crippen MR) is 79.1 cm³/mol. The molecule has 4 heteroatoms. The van der Waals surface area contributed by atoms with Crippen LogP contribution >= 0.6 is 0 Å². The largest absolute Gasteiger partial charge is 0.378 e. The Morgan fingerprint density at radius 2 is 1.71 bits per heavy atom. The SMILES string of the molecule is CC(NC(=O)C(O)c1ccccc1)c1ccc(C#N)cc1. The second kappa shape index (κ2) is 6.69. The van der Waals surface area contributed by atoms with Crippen molar-refractivity contribution in [2.45, 2.75) is 19.1 Å². The molecule has 2 aromatic carbocycles. The molecule has 1 amide bonds. The first-order valence-electron chi connectivity index (χ1n) is 6.65. The Morgan fingerprint density at radius 1 is 1.10 bits per heavy atom. The summed E-state index contributed by atoms with van der Waals surface area (Å²) in [6.07, 6.45) is -1.19. The molecule has 2 unspecified atom stereocenters. The molecule has 21 heavy (non-hydrogen) atoms. The summed E-state index contributed by atoms with van der Waals surface area (Å²) < 4.78 is 0. The Bertz CT molecular complexity index is 645. The van der Waals surface area contributed by atoms with Gasteiger partial charge >= 0.3 is 0 Å². The van der Waals surface area contributed by atoms with Crippen LogP contribution in [0.3, 0.4) is 0 Å². The van der Waals surface area contributed by atoms with E-state index in [4.69, 9.17) is 5.26 Å². The van der Waals surface area contributed by atoms with Crippen LogP contribution in [0, 0.1) is 11.3 Å². The highest BCUT2D eigenvalue weighted by atomic mass is 16.3. The third kappa shape index (κ3) is 3.68. The van der Waals surface area contributed by atoms with E-state index in [9.17, 15) is 9.90 Å². The summed E-state index contributed by atoms with van der Waals surface area (Å²) in [5, 5.41) is 21.5. The fourth-order valence-electron chi connectivity index (χ4n) is 2.01. The first kappa shape index (κ1) is 14.8. The molecule has 4 nitrogen and oxygen atoms in total. The van der Waals surface area contributed by atoms with E-state index in [-0.39, 0.29) is 6.04 Å². The molecule has 0 fully saturated rings. The van der Waals surface area contributed by atoms with Gasteiger partial charge in [0, 0.05) is 0 Å². The third-order valence-corrected chi connectivity index (χ3v) is 3.26. The number of hydrogen-bond acceptors (Lipinski definition) is 3. The highest BCUT2D eigenvalue weighted by Crippen LogP contribution is 2.17. The molecule has 0 bridgehead atoms. The molecule has 0 aromatic heterocycles. The highest BCUT2D eigenvalue weighted by molar-refractivity contribution is 5.82. The van der Waals surface area contributed by atoms with Crippen molar-refractivity contribution in [3.63, 3.8) is 0 Å². The fourth-order valence-corrected chi connectivity index (χ4v) is 2.01. The average Bonchev–Trinajstić information content (AvgIpc) is 2.55. The summed E-state index contributed by atoms with van der Waals surface area (Å²) in [6.45, 7) is 1.83. The van der Waals surface area contributed by atoms with Gasteiger partial charge in [-0.05, 0) is 30.2 Å². The van der Waals surface area contributed by atoms with Crippen LogP contribution < -0.4 is 5.32 Å². The van der Waals surface area contributed by atoms with E-state index in [1.165, 1.54) is 0 Å². The molecule has 0 aliphatic heterocycles. The molecular formula is C17H16N2O2. The van der Waals surface area contributed by atoms with Crippen LogP contribution in [0.25, 0.3) is 0 Å². The number of nitriles is 1. The number of rotatable bonds is 4. The van der Waals surface area contributed by atoms with E-state index in [1.54, 1.807) is 48.5 Å². The van der Waals surface area contributed by atoms with Crippen molar-refractivity contribution in [3.05, 3.63) is 71.3 Å². The number of aliphatic hydroxyl groups excluding tert-OH is 1. The number of benzene rings is 2. The summed E-state index contributed by atoms with van der Waals surface area (Å²) >= 11 is 0. The molecule has 0 aliphatic rings. The highest BCUT2D eigenvalue weighted by Gasteiger charge is 2.19. The summed E-state index contributed by atoms with van der Waals surface area (Å²) in [4.78, 5) is 12.0. The van der Waals surface area contributed by atoms with Crippen LogP contribution in [0.15, 0.2) is 54.6 Å². The van der Waals surface area contributed by atoms with E-state index in [2.05, 4.69) is 5.32 Å². The normalized spacial score (nSPS) is 13.0. The van der Waals surface area contributed by atoms with E-state index < -0.39 is 12.0 Å². The number of amides is 1. The minimum Gasteiger partial charge on any atom is -0.378 e. The number of aliphatic hydroxyl groups is 1. The lowest BCUT2D eigenvalue weighted by molar-refractivity contribution is -0.130. The van der Waals surface area contributed by atoms with Crippen molar-refractivity contribution in [2.75, 3.05) is 0 Å². The van der Waals surface area contributed by atoms with Crippen LogP contribution in [-0.4, -0.2) is 11.0 Å². The molecule has 0 saturated carbocycles. The maximum absolute atomic E-state index is 12.0. The molecule has 2 aromatic rings.